The molecule has 0 aromatic heterocycles. The van der Waals surface area contributed by atoms with E-state index in [1.54, 1.807) is 25.3 Å². The van der Waals surface area contributed by atoms with Crippen LogP contribution in [0.4, 0.5) is 5.69 Å². The van der Waals surface area contributed by atoms with E-state index in [1.807, 2.05) is 0 Å². The Kier molecular flexibility index (Phi) is 6.83. The Morgan fingerprint density at radius 1 is 1.35 bits per heavy atom. The lowest BCUT2D eigenvalue weighted by molar-refractivity contribution is -0.115. The second-order valence-electron chi connectivity index (χ2n) is 5.57. The van der Waals surface area contributed by atoms with Gasteiger partial charge in [0.05, 0.1) is 23.7 Å². The van der Waals surface area contributed by atoms with Crippen molar-refractivity contribution in [3.8, 4) is 0 Å². The van der Waals surface area contributed by atoms with E-state index in [0.717, 1.165) is 12.5 Å². The summed E-state index contributed by atoms with van der Waals surface area (Å²) >= 11 is 6.12. The number of hydrogen-bond acceptors (Lipinski definition) is 4. The minimum absolute atomic E-state index is 0.126. The number of ether oxygens (including phenoxy) is 1. The molecule has 23 heavy (non-hydrogen) atoms. The molecule has 2 amide bonds. The maximum Gasteiger partial charge on any atom is 0.252 e. The number of rotatable bonds is 9. The molecule has 6 nitrogen and oxygen atoms in total. The smallest absolute Gasteiger partial charge is 0.252 e. The Labute approximate surface area is 140 Å². The number of benzene rings is 1. The van der Waals surface area contributed by atoms with E-state index in [9.17, 15) is 9.59 Å². The summed E-state index contributed by atoms with van der Waals surface area (Å²) in [5.41, 5.74) is 0.939. The van der Waals surface area contributed by atoms with Gasteiger partial charge in [0.2, 0.25) is 5.91 Å². The van der Waals surface area contributed by atoms with E-state index < -0.39 is 0 Å². The standard InChI is InChI=1S/C16H22ClN3O3/c1-23-7-6-19-16(22)13-5-4-12(8-14(13)17)20-15(21)10-18-9-11-2-3-11/h4-5,8,11,18H,2-3,6-7,9-10H2,1H3,(H,19,22)(H,20,21). The Bertz CT molecular complexity index is 562. The zero-order valence-corrected chi connectivity index (χ0v) is 13.9. The predicted molar refractivity (Wildman–Crippen MR) is 89.9 cm³/mol. The van der Waals surface area contributed by atoms with Crippen LogP contribution in [0.3, 0.4) is 0 Å². The van der Waals surface area contributed by atoms with E-state index in [-0.39, 0.29) is 18.4 Å². The van der Waals surface area contributed by atoms with Crippen molar-refractivity contribution in [3.05, 3.63) is 28.8 Å². The van der Waals surface area contributed by atoms with E-state index in [1.165, 1.54) is 12.8 Å². The molecule has 7 heteroatoms. The first kappa shape index (κ1) is 17.7. The molecule has 0 aliphatic heterocycles. The largest absolute Gasteiger partial charge is 0.383 e. The van der Waals surface area contributed by atoms with Crippen molar-refractivity contribution in [2.24, 2.45) is 5.92 Å². The van der Waals surface area contributed by atoms with Crippen LogP contribution in [-0.2, 0) is 9.53 Å². The van der Waals surface area contributed by atoms with Gasteiger partial charge in [-0.05, 0) is 43.5 Å². The highest BCUT2D eigenvalue weighted by Crippen LogP contribution is 2.27. The fourth-order valence-corrected chi connectivity index (χ4v) is 2.32. The molecular formula is C16H22ClN3O3. The average molecular weight is 340 g/mol. The van der Waals surface area contributed by atoms with Crippen LogP contribution in [0, 0.1) is 5.92 Å². The predicted octanol–water partition coefficient (Wildman–Crippen LogP) is 1.65. The molecule has 1 aliphatic carbocycles. The molecule has 0 unspecified atom stereocenters. The number of halogens is 1. The van der Waals surface area contributed by atoms with E-state index in [2.05, 4.69) is 16.0 Å². The third-order valence-electron chi connectivity index (χ3n) is 3.50. The van der Waals surface area contributed by atoms with Crippen LogP contribution in [0.5, 0.6) is 0 Å². The van der Waals surface area contributed by atoms with E-state index >= 15 is 0 Å². The number of carbonyl (C=O) groups excluding carboxylic acids is 2. The molecule has 0 bridgehead atoms. The quantitative estimate of drug-likeness (QED) is 0.598. The molecule has 1 saturated carbocycles. The van der Waals surface area contributed by atoms with Gasteiger partial charge in [0.15, 0.2) is 0 Å². The van der Waals surface area contributed by atoms with Gasteiger partial charge in [-0.1, -0.05) is 11.6 Å². The molecule has 1 fully saturated rings. The summed E-state index contributed by atoms with van der Waals surface area (Å²) in [5, 5.41) is 8.87. The number of nitrogens with one attached hydrogen (secondary N) is 3. The van der Waals surface area contributed by atoms with E-state index in [4.69, 9.17) is 16.3 Å². The van der Waals surface area contributed by atoms with Crippen molar-refractivity contribution in [1.82, 2.24) is 10.6 Å². The summed E-state index contributed by atoms with van der Waals surface area (Å²) in [5.74, 6) is 0.336. The summed E-state index contributed by atoms with van der Waals surface area (Å²) in [7, 11) is 1.57. The third-order valence-corrected chi connectivity index (χ3v) is 3.82. The Morgan fingerprint density at radius 2 is 2.13 bits per heavy atom. The summed E-state index contributed by atoms with van der Waals surface area (Å²) in [4.78, 5) is 23.7. The topological polar surface area (TPSA) is 79.5 Å². The van der Waals surface area contributed by atoms with Gasteiger partial charge in [-0.15, -0.1) is 0 Å². The summed E-state index contributed by atoms with van der Waals surface area (Å²) in [6.45, 7) is 2.00. The molecule has 0 radical (unpaired) electrons. The lowest BCUT2D eigenvalue weighted by Gasteiger charge is -2.10. The Balaban J connectivity index is 1.82. The third kappa shape index (κ3) is 6.17. The minimum atomic E-state index is -0.268. The van der Waals surface area contributed by atoms with Gasteiger partial charge in [0.1, 0.15) is 0 Å². The molecular weight excluding hydrogens is 318 g/mol. The highest BCUT2D eigenvalue weighted by molar-refractivity contribution is 6.34. The average Bonchev–Trinajstić information content (AvgIpc) is 3.31. The summed E-state index contributed by atoms with van der Waals surface area (Å²) < 4.78 is 4.87. The highest BCUT2D eigenvalue weighted by atomic mass is 35.5. The second-order valence-corrected chi connectivity index (χ2v) is 5.97. The van der Waals surface area contributed by atoms with Gasteiger partial charge in [-0.2, -0.15) is 0 Å². The van der Waals surface area contributed by atoms with Crippen LogP contribution in [0.25, 0.3) is 0 Å². The minimum Gasteiger partial charge on any atom is -0.383 e. The summed E-state index contributed by atoms with van der Waals surface area (Å²) in [6.07, 6.45) is 2.50. The molecule has 2 rings (SSSR count). The van der Waals surface area contributed by atoms with Gasteiger partial charge in [0.25, 0.3) is 5.91 Å². The number of carbonyl (C=O) groups is 2. The van der Waals surface area contributed by atoms with Crippen molar-refractivity contribution in [1.29, 1.82) is 0 Å². The van der Waals surface area contributed by atoms with E-state index in [0.29, 0.717) is 29.4 Å². The lowest BCUT2D eigenvalue weighted by Crippen LogP contribution is -2.29. The van der Waals surface area contributed by atoms with Crippen molar-refractivity contribution in [3.63, 3.8) is 0 Å². The fraction of sp³-hybridized carbons (Fsp3) is 0.500. The first-order valence-corrected chi connectivity index (χ1v) is 8.05. The van der Waals surface area contributed by atoms with Crippen LogP contribution < -0.4 is 16.0 Å². The number of anilines is 1. The van der Waals surface area contributed by atoms with Gasteiger partial charge < -0.3 is 20.7 Å². The highest BCUT2D eigenvalue weighted by Gasteiger charge is 2.20. The second kappa shape index (κ2) is 8.86. The SMILES string of the molecule is COCCNC(=O)c1ccc(NC(=O)CNCC2CC2)cc1Cl. The van der Waals surface area contributed by atoms with Gasteiger partial charge in [-0.3, -0.25) is 9.59 Å². The van der Waals surface area contributed by atoms with Crippen LogP contribution in [-0.4, -0.2) is 45.2 Å². The zero-order chi connectivity index (χ0) is 16.7. The van der Waals surface area contributed by atoms with Crippen molar-refractivity contribution in [2.45, 2.75) is 12.8 Å². The number of methoxy groups -OCH3 is 1. The number of hydrogen-bond donors (Lipinski definition) is 3. The Morgan fingerprint density at radius 3 is 2.78 bits per heavy atom. The normalized spacial score (nSPS) is 13.7. The van der Waals surface area contributed by atoms with Gasteiger partial charge >= 0.3 is 0 Å². The van der Waals surface area contributed by atoms with Crippen molar-refractivity contribution >= 4 is 29.1 Å². The van der Waals surface area contributed by atoms with Gasteiger partial charge in [0, 0.05) is 19.3 Å². The molecule has 1 aromatic carbocycles. The molecule has 126 valence electrons. The monoisotopic (exact) mass is 339 g/mol. The molecule has 0 heterocycles. The fourth-order valence-electron chi connectivity index (χ4n) is 2.06. The maximum absolute atomic E-state index is 11.9. The van der Waals surface area contributed by atoms with Crippen molar-refractivity contribution in [2.75, 3.05) is 38.7 Å². The van der Waals surface area contributed by atoms with Crippen LogP contribution in [0.15, 0.2) is 18.2 Å². The maximum atomic E-state index is 11.9. The first-order valence-electron chi connectivity index (χ1n) is 7.67. The van der Waals surface area contributed by atoms with Gasteiger partial charge in [-0.25, -0.2) is 0 Å². The first-order chi connectivity index (χ1) is 11.1. The Hall–Kier alpha value is -1.63. The van der Waals surface area contributed by atoms with Crippen molar-refractivity contribution < 1.29 is 14.3 Å². The lowest BCUT2D eigenvalue weighted by atomic mass is 10.2. The molecule has 1 aromatic rings. The van der Waals surface area contributed by atoms with Crippen LogP contribution in [0.1, 0.15) is 23.2 Å². The molecule has 1 aliphatic rings. The van der Waals surface area contributed by atoms with Crippen LogP contribution in [0.2, 0.25) is 5.02 Å². The molecule has 3 N–H and O–H groups in total. The molecule has 0 spiro atoms. The molecule has 0 atom stereocenters. The number of amides is 2. The zero-order valence-electron chi connectivity index (χ0n) is 13.2. The van der Waals surface area contributed by atoms with Crippen LogP contribution >= 0.6 is 11.6 Å². The molecule has 0 saturated heterocycles. The summed E-state index contributed by atoms with van der Waals surface area (Å²) in [6, 6.07) is 4.83.